The number of hydrogen-bond acceptors (Lipinski definition) is 4. The van der Waals surface area contributed by atoms with Crippen LogP contribution in [0.2, 0.25) is 0 Å². The Morgan fingerprint density at radius 1 is 0.302 bits per heavy atom. The molecule has 0 saturated heterocycles. The first-order chi connectivity index (χ1) is 31.3. The van der Waals surface area contributed by atoms with Gasteiger partial charge in [0.2, 0.25) is 0 Å². The van der Waals surface area contributed by atoms with Crippen molar-refractivity contribution in [1.82, 2.24) is 24.1 Å². The van der Waals surface area contributed by atoms with Gasteiger partial charge >= 0.3 is 0 Å². The number of aromatic nitrogens is 5. The van der Waals surface area contributed by atoms with E-state index in [-0.39, 0.29) is 0 Å². The zero-order chi connectivity index (χ0) is 41.4. The first-order valence-electron chi connectivity index (χ1n) is 21.2. The van der Waals surface area contributed by atoms with Gasteiger partial charge < -0.3 is 13.6 Å². The minimum Gasteiger partial charge on any atom is -0.454 e. The van der Waals surface area contributed by atoms with Gasteiger partial charge in [0.25, 0.3) is 0 Å². The van der Waals surface area contributed by atoms with Crippen molar-refractivity contribution >= 4 is 65.6 Å². The van der Waals surface area contributed by atoms with Gasteiger partial charge in [0.15, 0.2) is 23.1 Å². The summed E-state index contributed by atoms with van der Waals surface area (Å²) in [5.41, 5.74) is 12.3. The molecule has 0 radical (unpaired) electrons. The number of benzene rings is 9. The summed E-state index contributed by atoms with van der Waals surface area (Å²) >= 11 is 0. The van der Waals surface area contributed by atoms with Crippen LogP contribution in [0.3, 0.4) is 0 Å². The molecule has 0 bridgehead atoms. The third kappa shape index (κ3) is 5.35. The predicted molar refractivity (Wildman–Crippen MR) is 258 cm³/mol. The van der Waals surface area contributed by atoms with E-state index in [1.54, 1.807) is 0 Å². The molecule has 4 heterocycles. The van der Waals surface area contributed by atoms with Crippen LogP contribution in [0.15, 0.2) is 217 Å². The van der Waals surface area contributed by atoms with Gasteiger partial charge in [0.1, 0.15) is 5.58 Å². The highest BCUT2D eigenvalue weighted by molar-refractivity contribution is 6.22. The Labute approximate surface area is 361 Å². The Morgan fingerprint density at radius 2 is 0.667 bits per heavy atom. The van der Waals surface area contributed by atoms with E-state index >= 15 is 0 Å². The van der Waals surface area contributed by atoms with Crippen molar-refractivity contribution in [3.8, 4) is 56.7 Å². The smallest absolute Gasteiger partial charge is 0.166 e. The van der Waals surface area contributed by atoms with Gasteiger partial charge in [-0.25, -0.2) is 15.0 Å². The van der Waals surface area contributed by atoms with Crippen molar-refractivity contribution in [3.05, 3.63) is 212 Å². The van der Waals surface area contributed by atoms with Crippen molar-refractivity contribution in [2.45, 2.75) is 0 Å². The molecule has 9 aromatic carbocycles. The van der Waals surface area contributed by atoms with Gasteiger partial charge in [-0.2, -0.15) is 0 Å². The number of hydrogen-bond donors (Lipinski definition) is 0. The van der Waals surface area contributed by atoms with Crippen LogP contribution in [0.5, 0.6) is 0 Å². The average molecular weight is 806 g/mol. The summed E-state index contributed by atoms with van der Waals surface area (Å²) in [6.45, 7) is 0. The Kier molecular flexibility index (Phi) is 7.80. The lowest BCUT2D eigenvalue weighted by molar-refractivity contribution is 0.666. The van der Waals surface area contributed by atoms with Gasteiger partial charge in [-0.1, -0.05) is 182 Å². The lowest BCUT2D eigenvalue weighted by Crippen LogP contribution is -2.09. The molecule has 13 aromatic rings. The molecule has 4 aromatic heterocycles. The van der Waals surface area contributed by atoms with E-state index in [0.717, 1.165) is 105 Å². The molecule has 63 heavy (non-hydrogen) atoms. The summed E-state index contributed by atoms with van der Waals surface area (Å²) in [7, 11) is 0. The Morgan fingerprint density at radius 3 is 1.14 bits per heavy atom. The minimum absolute atomic E-state index is 0.549. The van der Waals surface area contributed by atoms with Crippen LogP contribution in [0.4, 0.5) is 0 Å². The second-order valence-electron chi connectivity index (χ2n) is 15.9. The minimum atomic E-state index is 0.549. The van der Waals surface area contributed by atoms with Crippen LogP contribution in [0, 0.1) is 0 Å². The normalized spacial score (nSPS) is 11.8. The van der Waals surface area contributed by atoms with E-state index in [0.29, 0.717) is 17.5 Å². The molecular weight excluding hydrogens is 771 g/mol. The molecule has 0 aliphatic rings. The largest absolute Gasteiger partial charge is 0.454 e. The van der Waals surface area contributed by atoms with E-state index in [2.05, 4.69) is 179 Å². The fourth-order valence-electron chi connectivity index (χ4n) is 9.71. The second kappa shape index (κ2) is 14.0. The molecule has 6 nitrogen and oxygen atoms in total. The Bertz CT molecular complexity index is 3740. The van der Waals surface area contributed by atoms with Crippen LogP contribution in [-0.2, 0) is 0 Å². The highest BCUT2D eigenvalue weighted by Crippen LogP contribution is 2.52. The molecule has 6 heteroatoms. The van der Waals surface area contributed by atoms with Crippen molar-refractivity contribution < 1.29 is 4.42 Å². The van der Waals surface area contributed by atoms with Crippen LogP contribution < -0.4 is 0 Å². The van der Waals surface area contributed by atoms with Gasteiger partial charge in [-0.15, -0.1) is 0 Å². The fourth-order valence-corrected chi connectivity index (χ4v) is 9.71. The Balaban J connectivity index is 1.34. The summed E-state index contributed by atoms with van der Waals surface area (Å²) in [5, 5.41) is 6.57. The molecule has 294 valence electrons. The Hall–Kier alpha value is -8.61. The lowest BCUT2D eigenvalue weighted by atomic mass is 9.91. The maximum absolute atomic E-state index is 7.32. The van der Waals surface area contributed by atoms with Gasteiger partial charge in [0.05, 0.1) is 44.4 Å². The van der Waals surface area contributed by atoms with Gasteiger partial charge in [0, 0.05) is 43.6 Å². The standard InChI is InChI=1S/C57H35N5O/c1-4-20-36(21-5-1)49-51(57-59-55(37-22-6-2-7-23-37)58-56(60-57)38-24-8-3-9-25-38)52(61-44-31-15-10-26-39(44)40-27-11-16-32-45(40)61)50-43-30-14-19-35-48(43)63-54(50)53(49)62-46-33-17-12-28-41(46)42-29-13-18-34-47(42)62/h1-35H. The third-order valence-electron chi connectivity index (χ3n) is 12.4. The van der Waals surface area contributed by atoms with Gasteiger partial charge in [-0.05, 0) is 35.9 Å². The zero-order valence-electron chi connectivity index (χ0n) is 33.9. The van der Waals surface area contributed by atoms with E-state index in [4.69, 9.17) is 19.4 Å². The molecule has 0 saturated carbocycles. The zero-order valence-corrected chi connectivity index (χ0v) is 33.9. The van der Waals surface area contributed by atoms with Crippen molar-refractivity contribution in [3.63, 3.8) is 0 Å². The van der Waals surface area contributed by atoms with Crippen molar-refractivity contribution in [2.24, 2.45) is 0 Å². The third-order valence-corrected chi connectivity index (χ3v) is 12.4. The van der Waals surface area contributed by atoms with Crippen LogP contribution in [0.1, 0.15) is 0 Å². The molecule has 0 N–H and O–H groups in total. The van der Waals surface area contributed by atoms with Crippen LogP contribution in [0.25, 0.3) is 122 Å². The van der Waals surface area contributed by atoms with E-state index in [9.17, 15) is 0 Å². The van der Waals surface area contributed by atoms with E-state index in [1.807, 2.05) is 42.5 Å². The fraction of sp³-hybridized carbons (Fsp3) is 0. The number of furan rings is 1. The molecule has 0 aliphatic heterocycles. The molecule has 0 aliphatic carbocycles. The lowest BCUT2D eigenvalue weighted by Gasteiger charge is -2.24. The highest BCUT2D eigenvalue weighted by Gasteiger charge is 2.33. The quantitative estimate of drug-likeness (QED) is 0.168. The number of fused-ring (bicyclic) bond motifs is 9. The second-order valence-corrected chi connectivity index (χ2v) is 15.9. The first kappa shape index (κ1) is 35.2. The molecule has 0 unspecified atom stereocenters. The summed E-state index contributed by atoms with van der Waals surface area (Å²) < 4.78 is 12.1. The molecule has 13 rings (SSSR count). The van der Waals surface area contributed by atoms with Crippen LogP contribution in [-0.4, -0.2) is 24.1 Å². The summed E-state index contributed by atoms with van der Waals surface area (Å²) in [6.07, 6.45) is 0. The summed E-state index contributed by atoms with van der Waals surface area (Å²) in [4.78, 5) is 16.3. The SMILES string of the molecule is c1ccc(-c2nc(-c3ccccc3)nc(-c3c(-c4ccccc4)c(-n4c5ccccc5c5ccccc54)c4oc5ccccc5c4c3-n3c4ccccc4c4ccccc43)n2)cc1. The molecule has 0 spiro atoms. The highest BCUT2D eigenvalue weighted by atomic mass is 16.3. The number of para-hydroxylation sites is 5. The van der Waals surface area contributed by atoms with Crippen molar-refractivity contribution in [2.75, 3.05) is 0 Å². The van der Waals surface area contributed by atoms with E-state index < -0.39 is 0 Å². The summed E-state index contributed by atoms with van der Waals surface area (Å²) in [5.74, 6) is 1.72. The first-order valence-corrected chi connectivity index (χ1v) is 21.2. The number of nitrogens with zero attached hydrogens (tertiary/aromatic N) is 5. The maximum Gasteiger partial charge on any atom is 0.166 e. The van der Waals surface area contributed by atoms with Crippen LogP contribution >= 0.6 is 0 Å². The van der Waals surface area contributed by atoms with Crippen molar-refractivity contribution in [1.29, 1.82) is 0 Å². The van der Waals surface area contributed by atoms with Gasteiger partial charge in [-0.3, -0.25) is 0 Å². The number of rotatable bonds is 6. The predicted octanol–water partition coefficient (Wildman–Crippen LogP) is 14.6. The maximum atomic E-state index is 7.32. The molecule has 0 amide bonds. The monoisotopic (exact) mass is 805 g/mol. The summed E-state index contributed by atoms with van der Waals surface area (Å²) in [6, 6.07) is 74.2. The molecule has 0 atom stereocenters. The molecular formula is C57H35N5O. The topological polar surface area (TPSA) is 61.7 Å². The average Bonchev–Trinajstić information content (AvgIpc) is 4.02. The van der Waals surface area contributed by atoms with E-state index in [1.165, 1.54) is 0 Å². The molecule has 0 fully saturated rings.